The molecule has 356 valence electrons. The van der Waals surface area contributed by atoms with E-state index >= 15 is 0 Å². The molecule has 3 aromatic carbocycles. The number of aromatic nitrogens is 9. The molecule has 21 heteroatoms. The van der Waals surface area contributed by atoms with Crippen molar-refractivity contribution in [3.05, 3.63) is 153 Å². The zero-order valence-corrected chi connectivity index (χ0v) is 41.5. The molecule has 6 aromatic heterocycles. The first-order chi connectivity index (χ1) is 33.7. The number of thiazole rings is 3. The second-order valence-corrected chi connectivity index (χ2v) is 18.5. The van der Waals surface area contributed by atoms with Crippen LogP contribution in [-0.4, -0.2) is 56.9 Å². The van der Waals surface area contributed by atoms with Gasteiger partial charge in [-0.2, -0.15) is 0 Å². The summed E-state index contributed by atoms with van der Waals surface area (Å²) in [6, 6.07) is 25.3. The zero-order chi connectivity index (χ0) is 49.6. The Bertz CT molecular complexity index is 3190. The van der Waals surface area contributed by atoms with Crippen molar-refractivity contribution in [1.82, 2.24) is 44.9 Å². The van der Waals surface area contributed by atoms with E-state index in [1.165, 1.54) is 40.7 Å². The van der Waals surface area contributed by atoms with E-state index < -0.39 is 6.09 Å². The van der Waals surface area contributed by atoms with Gasteiger partial charge in [-0.15, -0.1) is 34.0 Å². The van der Waals surface area contributed by atoms with Crippen LogP contribution in [0.15, 0.2) is 114 Å². The number of anilines is 7. The Labute approximate surface area is 416 Å². The molecule has 9 rings (SSSR count). The molecule has 0 fully saturated rings. The third-order valence-corrected chi connectivity index (χ3v) is 12.1. The molecule has 0 aliphatic carbocycles. The molecule has 70 heavy (non-hydrogen) atoms. The van der Waals surface area contributed by atoms with Crippen molar-refractivity contribution in [2.75, 3.05) is 21.3 Å². The number of ether oxygens (including phenoxy) is 1. The molecule has 0 radical (unpaired) electrons. The van der Waals surface area contributed by atoms with E-state index in [1.54, 1.807) is 41.4 Å². The maximum atomic E-state index is 11.1. The minimum atomic E-state index is -0.823. The van der Waals surface area contributed by atoms with E-state index in [9.17, 15) is 9.59 Å². The van der Waals surface area contributed by atoms with Crippen molar-refractivity contribution in [2.24, 2.45) is 11.5 Å². The Morgan fingerprint density at radius 3 is 1.50 bits per heavy atom. The number of carbonyl (C=O) groups is 2. The fourth-order valence-corrected chi connectivity index (χ4v) is 8.91. The molecule has 18 nitrogen and oxygen atoms in total. The SMILES string of the molecule is CC(=O)Nc1cccc(Nc2nccc(-c3ncc(C)s3)n2)c1.Cc1cc(C)cc(Nc2nccc(-c3nc(CN)cs3)n2)c1.Cc1cc(C)cc(Nc2nccc(-c3nc(COC(N)=O)cs3)n2)c1. The Balaban J connectivity index is 0.000000155. The van der Waals surface area contributed by atoms with E-state index in [0.717, 1.165) is 60.2 Å². The van der Waals surface area contributed by atoms with Gasteiger partial charge in [0.25, 0.3) is 0 Å². The molecular weight excluding hydrogens is 943 g/mol. The predicted molar refractivity (Wildman–Crippen MR) is 279 cm³/mol. The molecule has 0 aliphatic rings. The maximum absolute atomic E-state index is 11.1. The number of nitrogens with zero attached hydrogens (tertiary/aromatic N) is 9. The number of hydrogen-bond donors (Lipinski definition) is 6. The van der Waals surface area contributed by atoms with Crippen LogP contribution < -0.4 is 32.7 Å². The van der Waals surface area contributed by atoms with Crippen LogP contribution in [0.4, 0.5) is 45.4 Å². The molecule has 0 unspecified atom stereocenters. The van der Waals surface area contributed by atoms with Crippen molar-refractivity contribution in [2.45, 2.75) is 54.7 Å². The van der Waals surface area contributed by atoms with E-state index in [2.05, 4.69) is 104 Å². The van der Waals surface area contributed by atoms with Crippen molar-refractivity contribution in [1.29, 1.82) is 0 Å². The molecular formula is C49H49N15O3S3. The van der Waals surface area contributed by atoms with Crippen LogP contribution in [0, 0.1) is 34.6 Å². The summed E-state index contributed by atoms with van der Waals surface area (Å²) in [7, 11) is 0. The average molecular weight is 992 g/mol. The fraction of sp³-hybridized carbons (Fsp3) is 0.163. The molecule has 0 bridgehead atoms. The van der Waals surface area contributed by atoms with Crippen LogP contribution in [0.25, 0.3) is 32.1 Å². The number of rotatable bonds is 13. The summed E-state index contributed by atoms with van der Waals surface area (Å²) in [6.07, 6.45) is 6.10. The van der Waals surface area contributed by atoms with Crippen molar-refractivity contribution < 1.29 is 14.3 Å². The highest BCUT2D eigenvalue weighted by Gasteiger charge is 2.11. The van der Waals surface area contributed by atoms with Gasteiger partial charge < -0.3 is 37.5 Å². The Morgan fingerprint density at radius 1 is 0.571 bits per heavy atom. The number of aryl methyl sites for hydroxylation is 5. The third-order valence-electron chi connectivity index (χ3n) is 9.32. The standard InChI is InChI=1S/C17H17N5O2S.C16H15N5OS.C16H17N5S/c1-10-5-11(2)7-12(6-10)21-17-19-4-3-14(22-17)15-20-13(9-25-15)8-24-16(18)23;1-10-9-18-15(23-10)14-6-7-17-16(21-14)20-13-5-3-4-12(8-13)19-11(2)22;1-10-5-11(2)7-12(6-10)20-16-18-4-3-14(21-16)15-19-13(8-17)9-22-15/h3-7,9H,8H2,1-2H3,(H2,18,23)(H,19,21,22);3-9H,1-2H3,(H,19,22)(H,17,20,21);3-7,9H,8,17H2,1-2H3,(H,18,20,21). The van der Waals surface area contributed by atoms with Gasteiger partial charge in [0.15, 0.2) is 0 Å². The second-order valence-electron chi connectivity index (χ2n) is 15.6. The summed E-state index contributed by atoms with van der Waals surface area (Å²) in [6.45, 7) is 12.2. The maximum Gasteiger partial charge on any atom is 0.404 e. The van der Waals surface area contributed by atoms with Gasteiger partial charge in [0.1, 0.15) is 38.7 Å². The van der Waals surface area contributed by atoms with Crippen LogP contribution in [0.1, 0.15) is 45.4 Å². The van der Waals surface area contributed by atoms with Crippen LogP contribution in [0.5, 0.6) is 0 Å². The molecule has 8 N–H and O–H groups in total. The molecule has 2 amide bonds. The molecule has 0 spiro atoms. The molecule has 0 atom stereocenters. The average Bonchev–Trinajstić information content (AvgIpc) is 4.11. The van der Waals surface area contributed by atoms with Gasteiger partial charge >= 0.3 is 6.09 Å². The zero-order valence-electron chi connectivity index (χ0n) is 39.0. The number of hydrogen-bond acceptors (Lipinski definition) is 19. The first kappa shape index (κ1) is 49.8. The number of benzene rings is 3. The summed E-state index contributed by atoms with van der Waals surface area (Å²) in [5.41, 5.74) is 22.5. The van der Waals surface area contributed by atoms with Gasteiger partial charge in [0.2, 0.25) is 23.8 Å². The van der Waals surface area contributed by atoms with Crippen molar-refractivity contribution in [3.8, 4) is 32.1 Å². The second kappa shape index (κ2) is 23.8. The Hall–Kier alpha value is -8.11. The van der Waals surface area contributed by atoms with Gasteiger partial charge in [0, 0.05) is 76.6 Å². The fourth-order valence-electron chi connectivity index (χ4n) is 6.60. The third kappa shape index (κ3) is 14.9. The lowest BCUT2D eigenvalue weighted by atomic mass is 10.1. The smallest absolute Gasteiger partial charge is 0.404 e. The quantitative estimate of drug-likeness (QED) is 0.0627. The van der Waals surface area contributed by atoms with Crippen LogP contribution in [0.2, 0.25) is 0 Å². The topological polar surface area (TPSA) is 260 Å². The van der Waals surface area contributed by atoms with E-state index in [1.807, 2.05) is 80.9 Å². The number of primary amides is 1. The lowest BCUT2D eigenvalue weighted by Gasteiger charge is -2.08. The highest BCUT2D eigenvalue weighted by molar-refractivity contribution is 7.15. The summed E-state index contributed by atoms with van der Waals surface area (Å²) in [5.74, 6) is 1.43. The van der Waals surface area contributed by atoms with Crippen LogP contribution in [-0.2, 0) is 22.7 Å². The minimum Gasteiger partial charge on any atom is -0.443 e. The van der Waals surface area contributed by atoms with Gasteiger partial charge in [-0.1, -0.05) is 18.2 Å². The van der Waals surface area contributed by atoms with E-state index in [0.29, 0.717) is 46.5 Å². The lowest BCUT2D eigenvalue weighted by Crippen LogP contribution is -2.12. The summed E-state index contributed by atoms with van der Waals surface area (Å²) in [5, 5.41) is 18.5. The summed E-state index contributed by atoms with van der Waals surface area (Å²) < 4.78 is 4.74. The predicted octanol–water partition coefficient (Wildman–Crippen LogP) is 10.6. The van der Waals surface area contributed by atoms with Gasteiger partial charge in [-0.25, -0.2) is 49.7 Å². The Morgan fingerprint density at radius 2 is 1.04 bits per heavy atom. The summed E-state index contributed by atoms with van der Waals surface area (Å²) in [4.78, 5) is 62.4. The summed E-state index contributed by atoms with van der Waals surface area (Å²) >= 11 is 4.54. The number of nitrogens with two attached hydrogens (primary N) is 2. The van der Waals surface area contributed by atoms with E-state index in [-0.39, 0.29) is 12.5 Å². The molecule has 6 heterocycles. The molecule has 0 aliphatic heterocycles. The molecule has 0 saturated heterocycles. The first-order valence-electron chi connectivity index (χ1n) is 21.5. The minimum absolute atomic E-state index is 0.0462. The highest BCUT2D eigenvalue weighted by Crippen LogP contribution is 2.27. The number of amides is 2. The van der Waals surface area contributed by atoms with Crippen LogP contribution >= 0.6 is 34.0 Å². The van der Waals surface area contributed by atoms with Gasteiger partial charge in [-0.05, 0) is 118 Å². The molecule has 9 aromatic rings. The van der Waals surface area contributed by atoms with Crippen molar-refractivity contribution in [3.63, 3.8) is 0 Å². The largest absolute Gasteiger partial charge is 0.443 e. The lowest BCUT2D eigenvalue weighted by molar-refractivity contribution is -0.114. The highest BCUT2D eigenvalue weighted by atomic mass is 32.1. The van der Waals surface area contributed by atoms with Crippen LogP contribution in [0.3, 0.4) is 0 Å². The number of carbonyl (C=O) groups excluding carboxylic acids is 2. The monoisotopic (exact) mass is 991 g/mol. The van der Waals surface area contributed by atoms with E-state index in [4.69, 9.17) is 16.2 Å². The molecule has 0 saturated carbocycles. The van der Waals surface area contributed by atoms with Gasteiger partial charge in [-0.3, -0.25) is 4.79 Å². The van der Waals surface area contributed by atoms with Crippen molar-refractivity contribution >= 4 is 86.6 Å². The normalized spacial score (nSPS) is 10.5. The number of nitrogens with one attached hydrogen (secondary N) is 4. The first-order valence-corrected chi connectivity index (χ1v) is 24.1. The Kier molecular flexibility index (Phi) is 16.9. The van der Waals surface area contributed by atoms with Gasteiger partial charge in [0.05, 0.1) is 11.4 Å².